The Labute approximate surface area is 182 Å². The summed E-state index contributed by atoms with van der Waals surface area (Å²) in [5.74, 6) is 0.960. The van der Waals surface area contributed by atoms with Crippen molar-refractivity contribution in [3.63, 3.8) is 0 Å². The number of nitrogens with zero attached hydrogens (tertiary/aromatic N) is 1. The van der Waals surface area contributed by atoms with Gasteiger partial charge in [-0.1, -0.05) is 18.2 Å². The van der Waals surface area contributed by atoms with Crippen molar-refractivity contribution in [2.45, 2.75) is 25.8 Å². The fourth-order valence-electron chi connectivity index (χ4n) is 2.56. The Kier molecular flexibility index (Phi) is 10.5. The van der Waals surface area contributed by atoms with Crippen LogP contribution >= 0.6 is 23.6 Å². The lowest BCUT2D eigenvalue weighted by Gasteiger charge is -2.10. The quantitative estimate of drug-likeness (QED) is 0.351. The second kappa shape index (κ2) is 13.1. The molecule has 0 saturated heterocycles. The molecule has 1 heterocycles. The summed E-state index contributed by atoms with van der Waals surface area (Å²) in [6, 6.07) is 11.8. The largest absolute Gasteiger partial charge is 0.493 e. The summed E-state index contributed by atoms with van der Waals surface area (Å²) in [5, 5.41) is 11.7. The second-order valence-corrected chi connectivity index (χ2v) is 8.29. The number of carbonyl (C=O) groups is 1. The molecule has 1 aromatic heterocycles. The fourth-order valence-corrected chi connectivity index (χ4v) is 3.70. The smallest absolute Gasteiger partial charge is 0.220 e. The lowest BCUT2D eigenvalue weighted by atomic mass is 10.3. The molecule has 0 aliphatic rings. The molecule has 158 valence electrons. The molecule has 6 nitrogen and oxygen atoms in total. The van der Waals surface area contributed by atoms with Crippen LogP contribution in [0.1, 0.15) is 24.1 Å². The van der Waals surface area contributed by atoms with Gasteiger partial charge in [0.2, 0.25) is 5.91 Å². The molecule has 2 aromatic rings. The zero-order valence-electron chi connectivity index (χ0n) is 17.1. The third-order valence-electron chi connectivity index (χ3n) is 3.91. The van der Waals surface area contributed by atoms with Crippen LogP contribution in [0.25, 0.3) is 0 Å². The Morgan fingerprint density at radius 2 is 1.90 bits per heavy atom. The standard InChI is InChI=1S/C21H30N4O2S2/c1-25(2)15-19-14-18(16-29-19)27-13-7-12-22-20(26)10-6-11-23-21(28)24-17-8-4-3-5-9-17/h3-5,8-9,14,16H,6-7,10-13,15H2,1-2H3,(H,22,26)(H2,23,24,28). The summed E-state index contributed by atoms with van der Waals surface area (Å²) in [5.41, 5.74) is 0.946. The Morgan fingerprint density at radius 3 is 2.66 bits per heavy atom. The van der Waals surface area contributed by atoms with Gasteiger partial charge in [0.05, 0.1) is 6.61 Å². The van der Waals surface area contributed by atoms with E-state index in [0.717, 1.165) is 30.8 Å². The first kappa shape index (κ1) is 23.1. The van der Waals surface area contributed by atoms with Crippen LogP contribution < -0.4 is 20.7 Å². The van der Waals surface area contributed by atoms with Crippen molar-refractivity contribution >= 4 is 40.3 Å². The van der Waals surface area contributed by atoms with Gasteiger partial charge in [0.15, 0.2) is 5.11 Å². The number of rotatable bonds is 12. The summed E-state index contributed by atoms with van der Waals surface area (Å²) in [6.45, 7) is 2.79. The number of hydrogen-bond acceptors (Lipinski definition) is 5. The zero-order chi connectivity index (χ0) is 20.9. The SMILES string of the molecule is CN(C)Cc1cc(OCCCNC(=O)CCCNC(=S)Nc2ccccc2)cs1. The van der Waals surface area contributed by atoms with Crippen LogP contribution in [0.5, 0.6) is 5.75 Å². The van der Waals surface area contributed by atoms with E-state index in [1.165, 1.54) is 4.88 Å². The minimum atomic E-state index is 0.0533. The zero-order valence-corrected chi connectivity index (χ0v) is 18.7. The van der Waals surface area contributed by atoms with Gasteiger partial charge in [0.1, 0.15) is 5.75 Å². The summed E-state index contributed by atoms with van der Waals surface area (Å²) >= 11 is 6.94. The van der Waals surface area contributed by atoms with E-state index >= 15 is 0 Å². The number of benzene rings is 1. The molecule has 3 N–H and O–H groups in total. The molecular weight excluding hydrogens is 404 g/mol. The summed E-state index contributed by atoms with van der Waals surface area (Å²) in [6.07, 6.45) is 1.98. The molecule has 1 aromatic carbocycles. The number of thiophene rings is 1. The monoisotopic (exact) mass is 434 g/mol. The van der Waals surface area contributed by atoms with Crippen molar-refractivity contribution in [3.8, 4) is 5.75 Å². The molecule has 0 aliphatic heterocycles. The lowest BCUT2D eigenvalue weighted by Crippen LogP contribution is -2.31. The third-order valence-corrected chi connectivity index (χ3v) is 5.06. The average molecular weight is 435 g/mol. The highest BCUT2D eigenvalue weighted by molar-refractivity contribution is 7.80. The van der Waals surface area contributed by atoms with Crippen molar-refractivity contribution in [1.29, 1.82) is 0 Å². The lowest BCUT2D eigenvalue weighted by molar-refractivity contribution is -0.121. The van der Waals surface area contributed by atoms with Crippen molar-refractivity contribution in [2.75, 3.05) is 39.1 Å². The molecule has 0 unspecified atom stereocenters. The molecule has 0 saturated carbocycles. The van der Waals surface area contributed by atoms with E-state index < -0.39 is 0 Å². The Balaban J connectivity index is 1.46. The van der Waals surface area contributed by atoms with Gasteiger partial charge in [0, 0.05) is 42.0 Å². The molecule has 0 fully saturated rings. The summed E-state index contributed by atoms with van der Waals surface area (Å²) in [7, 11) is 4.10. The maximum Gasteiger partial charge on any atom is 0.220 e. The molecule has 0 bridgehead atoms. The van der Waals surface area contributed by atoms with Crippen LogP contribution in [-0.2, 0) is 11.3 Å². The molecule has 0 radical (unpaired) electrons. The van der Waals surface area contributed by atoms with E-state index in [-0.39, 0.29) is 5.91 Å². The first-order valence-corrected chi connectivity index (χ1v) is 11.0. The van der Waals surface area contributed by atoms with Crippen LogP contribution in [0.15, 0.2) is 41.8 Å². The van der Waals surface area contributed by atoms with Crippen molar-refractivity contribution in [3.05, 3.63) is 46.7 Å². The Bertz CT molecular complexity index is 750. The van der Waals surface area contributed by atoms with Gasteiger partial charge in [-0.05, 0) is 57.4 Å². The predicted molar refractivity (Wildman–Crippen MR) is 125 cm³/mol. The Hall–Kier alpha value is -2.16. The first-order valence-electron chi connectivity index (χ1n) is 9.74. The number of ether oxygens (including phenoxy) is 1. The summed E-state index contributed by atoms with van der Waals surface area (Å²) < 4.78 is 5.73. The Morgan fingerprint density at radius 1 is 1.14 bits per heavy atom. The highest BCUT2D eigenvalue weighted by atomic mass is 32.1. The highest BCUT2D eigenvalue weighted by Gasteiger charge is 2.04. The van der Waals surface area contributed by atoms with Crippen molar-refractivity contribution in [2.24, 2.45) is 0 Å². The van der Waals surface area contributed by atoms with Crippen LogP contribution in [0.4, 0.5) is 5.69 Å². The minimum absolute atomic E-state index is 0.0533. The molecule has 2 rings (SSSR count). The van der Waals surface area contributed by atoms with E-state index in [0.29, 0.717) is 31.2 Å². The molecule has 29 heavy (non-hydrogen) atoms. The van der Waals surface area contributed by atoms with Crippen LogP contribution in [0.3, 0.4) is 0 Å². The molecule has 1 amide bonds. The van der Waals surface area contributed by atoms with Gasteiger partial charge in [-0.25, -0.2) is 0 Å². The van der Waals surface area contributed by atoms with E-state index in [4.69, 9.17) is 17.0 Å². The number of hydrogen-bond donors (Lipinski definition) is 3. The number of nitrogens with one attached hydrogen (secondary N) is 3. The normalized spacial score (nSPS) is 10.6. The molecule has 0 spiro atoms. The minimum Gasteiger partial charge on any atom is -0.493 e. The van der Waals surface area contributed by atoms with Crippen LogP contribution in [0, 0.1) is 0 Å². The van der Waals surface area contributed by atoms with Crippen LogP contribution in [0.2, 0.25) is 0 Å². The number of anilines is 1. The van der Waals surface area contributed by atoms with E-state index in [2.05, 4.69) is 41.0 Å². The molecule has 0 atom stereocenters. The van der Waals surface area contributed by atoms with Crippen molar-refractivity contribution in [1.82, 2.24) is 15.5 Å². The van der Waals surface area contributed by atoms with Gasteiger partial charge in [-0.2, -0.15) is 0 Å². The van der Waals surface area contributed by atoms with Crippen molar-refractivity contribution < 1.29 is 9.53 Å². The number of amides is 1. The fraction of sp³-hybridized carbons (Fsp3) is 0.429. The van der Waals surface area contributed by atoms with Gasteiger partial charge >= 0.3 is 0 Å². The van der Waals surface area contributed by atoms with Gasteiger partial charge in [-0.15, -0.1) is 11.3 Å². The summed E-state index contributed by atoms with van der Waals surface area (Å²) in [4.78, 5) is 15.3. The third kappa shape index (κ3) is 10.3. The number of carbonyl (C=O) groups excluding carboxylic acids is 1. The highest BCUT2D eigenvalue weighted by Crippen LogP contribution is 2.22. The average Bonchev–Trinajstić information content (AvgIpc) is 3.12. The van der Waals surface area contributed by atoms with Gasteiger partial charge in [0.25, 0.3) is 0 Å². The molecular formula is C21H30N4O2S2. The van der Waals surface area contributed by atoms with Crippen LogP contribution in [-0.4, -0.2) is 49.7 Å². The second-order valence-electron chi connectivity index (χ2n) is 6.89. The maximum atomic E-state index is 11.9. The van der Waals surface area contributed by atoms with E-state index in [1.807, 2.05) is 35.7 Å². The number of para-hydroxylation sites is 1. The topological polar surface area (TPSA) is 65.6 Å². The predicted octanol–water partition coefficient (Wildman–Crippen LogP) is 3.46. The first-order chi connectivity index (χ1) is 14.0. The van der Waals surface area contributed by atoms with E-state index in [9.17, 15) is 4.79 Å². The van der Waals surface area contributed by atoms with Gasteiger partial charge in [-0.3, -0.25) is 4.79 Å². The van der Waals surface area contributed by atoms with Gasteiger partial charge < -0.3 is 25.6 Å². The molecule has 8 heteroatoms. The molecule has 0 aliphatic carbocycles. The van der Waals surface area contributed by atoms with E-state index in [1.54, 1.807) is 11.3 Å². The maximum absolute atomic E-state index is 11.9. The number of thiocarbonyl (C=S) groups is 1.